The number of hydrogen-bond acceptors (Lipinski definition) is 4. The molecule has 76 valence electrons. The van der Waals surface area contributed by atoms with Crippen LogP contribution in [-0.4, -0.2) is 34.5 Å². The van der Waals surface area contributed by atoms with Gasteiger partial charge in [-0.25, -0.2) is 0 Å². The highest BCUT2D eigenvalue weighted by molar-refractivity contribution is 5.40. The average molecular weight is 193 g/mol. The molecule has 0 unspecified atom stereocenters. The van der Waals surface area contributed by atoms with Gasteiger partial charge < -0.3 is 10.0 Å². The van der Waals surface area contributed by atoms with Gasteiger partial charge >= 0.3 is 0 Å². The summed E-state index contributed by atoms with van der Waals surface area (Å²) in [4.78, 5) is 2.13. The van der Waals surface area contributed by atoms with Crippen molar-refractivity contribution in [1.29, 1.82) is 0 Å². The lowest BCUT2D eigenvalue weighted by atomic mass is 10.2. The van der Waals surface area contributed by atoms with Crippen LogP contribution in [0.2, 0.25) is 0 Å². The number of anilines is 1. The second kappa shape index (κ2) is 3.92. The fourth-order valence-corrected chi connectivity index (χ4v) is 1.87. The number of nitrogens with zero attached hydrogens (tertiary/aromatic N) is 3. The molecule has 1 aromatic rings. The molecule has 14 heavy (non-hydrogen) atoms. The molecule has 0 aliphatic carbocycles. The second-order valence-corrected chi connectivity index (χ2v) is 3.70. The number of rotatable bonds is 2. The van der Waals surface area contributed by atoms with Crippen molar-refractivity contribution >= 4 is 5.82 Å². The zero-order valence-electron chi connectivity index (χ0n) is 8.35. The van der Waals surface area contributed by atoms with E-state index >= 15 is 0 Å². The summed E-state index contributed by atoms with van der Waals surface area (Å²) in [6.45, 7) is 3.10. The van der Waals surface area contributed by atoms with E-state index in [9.17, 15) is 0 Å². The van der Waals surface area contributed by atoms with Crippen molar-refractivity contribution in [3.8, 4) is 0 Å². The van der Waals surface area contributed by atoms with Gasteiger partial charge in [-0.3, -0.25) is 0 Å². The summed E-state index contributed by atoms with van der Waals surface area (Å²) in [6.07, 6.45) is 2.17. The van der Waals surface area contributed by atoms with Crippen LogP contribution in [0.1, 0.15) is 18.5 Å². The Bertz CT molecular complexity index is 299. The van der Waals surface area contributed by atoms with Crippen molar-refractivity contribution in [3.05, 3.63) is 17.8 Å². The SMILES string of the molecule is Cc1ccc(N2CCC[C@H]2CO)nn1. The third-order valence-corrected chi connectivity index (χ3v) is 2.67. The van der Waals surface area contributed by atoms with Gasteiger partial charge in [-0.05, 0) is 31.9 Å². The molecule has 0 amide bonds. The number of hydrogen-bond donors (Lipinski definition) is 1. The zero-order chi connectivity index (χ0) is 9.97. The Morgan fingerprint density at radius 1 is 1.50 bits per heavy atom. The van der Waals surface area contributed by atoms with Crippen LogP contribution in [-0.2, 0) is 0 Å². The lowest BCUT2D eigenvalue weighted by Gasteiger charge is -2.23. The molecule has 0 bridgehead atoms. The van der Waals surface area contributed by atoms with Gasteiger partial charge in [0, 0.05) is 6.54 Å². The molecule has 1 N–H and O–H groups in total. The molecule has 0 aromatic carbocycles. The summed E-state index contributed by atoms with van der Waals surface area (Å²) in [6, 6.07) is 4.15. The van der Waals surface area contributed by atoms with Crippen molar-refractivity contribution < 1.29 is 5.11 Å². The van der Waals surface area contributed by atoms with Gasteiger partial charge in [-0.1, -0.05) is 0 Å². The molecule has 1 atom stereocenters. The highest BCUT2D eigenvalue weighted by Gasteiger charge is 2.24. The van der Waals surface area contributed by atoms with Crippen LogP contribution >= 0.6 is 0 Å². The second-order valence-electron chi connectivity index (χ2n) is 3.70. The molecule has 0 spiro atoms. The predicted molar refractivity (Wildman–Crippen MR) is 54.2 cm³/mol. The van der Waals surface area contributed by atoms with Crippen LogP contribution in [0.25, 0.3) is 0 Å². The molecule has 4 heteroatoms. The van der Waals surface area contributed by atoms with Crippen LogP contribution in [0, 0.1) is 6.92 Å². The van der Waals surface area contributed by atoms with Gasteiger partial charge in [-0.2, -0.15) is 5.10 Å². The van der Waals surface area contributed by atoms with E-state index in [4.69, 9.17) is 5.11 Å². The van der Waals surface area contributed by atoms with Gasteiger partial charge in [0.25, 0.3) is 0 Å². The Morgan fingerprint density at radius 2 is 2.36 bits per heavy atom. The van der Waals surface area contributed by atoms with Crippen LogP contribution in [0.4, 0.5) is 5.82 Å². The first kappa shape index (κ1) is 9.40. The van der Waals surface area contributed by atoms with Crippen LogP contribution in [0.15, 0.2) is 12.1 Å². The minimum atomic E-state index is 0.204. The summed E-state index contributed by atoms with van der Waals surface area (Å²) in [7, 11) is 0. The minimum absolute atomic E-state index is 0.204. The maximum absolute atomic E-state index is 9.16. The number of aryl methyl sites for hydroxylation is 1. The van der Waals surface area contributed by atoms with E-state index in [0.717, 1.165) is 30.9 Å². The lowest BCUT2D eigenvalue weighted by molar-refractivity contribution is 0.266. The van der Waals surface area contributed by atoms with Crippen molar-refractivity contribution in [2.75, 3.05) is 18.1 Å². The van der Waals surface area contributed by atoms with Crippen molar-refractivity contribution in [2.45, 2.75) is 25.8 Å². The fraction of sp³-hybridized carbons (Fsp3) is 0.600. The van der Waals surface area contributed by atoms with E-state index in [-0.39, 0.29) is 12.6 Å². The Balaban J connectivity index is 2.17. The highest BCUT2D eigenvalue weighted by atomic mass is 16.3. The summed E-state index contributed by atoms with van der Waals surface area (Å²) in [5.41, 5.74) is 0.925. The van der Waals surface area contributed by atoms with Crippen LogP contribution in [0.5, 0.6) is 0 Å². The molecule has 1 saturated heterocycles. The van der Waals surface area contributed by atoms with E-state index in [2.05, 4.69) is 15.1 Å². The number of aliphatic hydroxyl groups excluding tert-OH is 1. The molecule has 0 radical (unpaired) electrons. The minimum Gasteiger partial charge on any atom is -0.394 e. The smallest absolute Gasteiger partial charge is 0.151 e. The largest absolute Gasteiger partial charge is 0.394 e. The van der Waals surface area contributed by atoms with Gasteiger partial charge in [0.05, 0.1) is 18.3 Å². The third kappa shape index (κ3) is 1.70. The van der Waals surface area contributed by atoms with E-state index in [0.29, 0.717) is 0 Å². The molecule has 1 aliphatic rings. The first-order valence-corrected chi connectivity index (χ1v) is 4.99. The molecule has 2 rings (SSSR count). The zero-order valence-corrected chi connectivity index (χ0v) is 8.35. The van der Waals surface area contributed by atoms with Crippen molar-refractivity contribution in [2.24, 2.45) is 0 Å². The van der Waals surface area contributed by atoms with Crippen molar-refractivity contribution in [3.63, 3.8) is 0 Å². The number of aliphatic hydroxyl groups is 1. The molecule has 0 saturated carbocycles. The monoisotopic (exact) mass is 193 g/mol. The van der Waals surface area contributed by atoms with Crippen LogP contribution in [0.3, 0.4) is 0 Å². The topological polar surface area (TPSA) is 49.2 Å². The summed E-state index contributed by atoms with van der Waals surface area (Å²) >= 11 is 0. The maximum Gasteiger partial charge on any atom is 0.151 e. The third-order valence-electron chi connectivity index (χ3n) is 2.67. The molecule has 2 heterocycles. The molecular weight excluding hydrogens is 178 g/mol. The molecule has 4 nitrogen and oxygen atoms in total. The fourth-order valence-electron chi connectivity index (χ4n) is 1.87. The van der Waals surface area contributed by atoms with Crippen LogP contribution < -0.4 is 4.90 Å². The predicted octanol–water partition coefficient (Wildman–Crippen LogP) is 0.746. The first-order valence-electron chi connectivity index (χ1n) is 4.99. The summed E-state index contributed by atoms with van der Waals surface area (Å²) < 4.78 is 0. The molecule has 1 fully saturated rings. The van der Waals surface area contributed by atoms with E-state index in [1.807, 2.05) is 19.1 Å². The first-order chi connectivity index (χ1) is 6.81. The van der Waals surface area contributed by atoms with Gasteiger partial charge in [-0.15, -0.1) is 5.10 Å². The van der Waals surface area contributed by atoms with Gasteiger partial charge in [0.2, 0.25) is 0 Å². The molecular formula is C10H15N3O. The van der Waals surface area contributed by atoms with Gasteiger partial charge in [0.1, 0.15) is 0 Å². The Morgan fingerprint density at radius 3 is 3.00 bits per heavy atom. The van der Waals surface area contributed by atoms with E-state index in [1.165, 1.54) is 0 Å². The maximum atomic E-state index is 9.16. The highest BCUT2D eigenvalue weighted by Crippen LogP contribution is 2.22. The normalized spacial score (nSPS) is 21.6. The van der Waals surface area contributed by atoms with E-state index in [1.54, 1.807) is 0 Å². The number of aromatic nitrogens is 2. The van der Waals surface area contributed by atoms with E-state index < -0.39 is 0 Å². The quantitative estimate of drug-likeness (QED) is 0.753. The molecule has 1 aliphatic heterocycles. The lowest BCUT2D eigenvalue weighted by Crippen LogP contribution is -2.32. The Hall–Kier alpha value is -1.16. The average Bonchev–Trinajstić information content (AvgIpc) is 2.67. The van der Waals surface area contributed by atoms with Gasteiger partial charge in [0.15, 0.2) is 5.82 Å². The Labute approximate surface area is 83.6 Å². The summed E-state index contributed by atoms with van der Waals surface area (Å²) in [5.74, 6) is 0.882. The summed E-state index contributed by atoms with van der Waals surface area (Å²) in [5, 5.41) is 17.3. The Kier molecular flexibility index (Phi) is 2.63. The van der Waals surface area contributed by atoms with Crippen molar-refractivity contribution in [1.82, 2.24) is 10.2 Å². The molecule has 1 aromatic heterocycles. The standard InChI is InChI=1S/C10H15N3O/c1-8-4-5-10(12-11-8)13-6-2-3-9(13)7-14/h4-5,9,14H,2-3,6-7H2,1H3/t9-/m0/s1.